The van der Waals surface area contributed by atoms with Crippen molar-refractivity contribution in [1.82, 2.24) is 0 Å². The predicted molar refractivity (Wildman–Crippen MR) is 102 cm³/mol. The summed E-state index contributed by atoms with van der Waals surface area (Å²) >= 11 is 0. The van der Waals surface area contributed by atoms with Crippen molar-refractivity contribution in [3.63, 3.8) is 0 Å². The first-order valence-electron chi connectivity index (χ1n) is 9.65. The van der Waals surface area contributed by atoms with Crippen molar-refractivity contribution in [2.24, 2.45) is 17.8 Å². The average Bonchev–Trinajstić information content (AvgIpc) is 2.88. The summed E-state index contributed by atoms with van der Waals surface area (Å²) < 4.78 is 10.9. The molecular formula is C22H32O4. The second-order valence-electron chi connectivity index (χ2n) is 7.96. The van der Waals surface area contributed by atoms with Crippen LogP contribution in [0.2, 0.25) is 0 Å². The molecule has 2 bridgehead atoms. The van der Waals surface area contributed by atoms with Crippen LogP contribution in [-0.2, 0) is 19.1 Å². The van der Waals surface area contributed by atoms with E-state index >= 15 is 0 Å². The Morgan fingerprint density at radius 2 is 2.12 bits per heavy atom. The Hall–Kier alpha value is -1.84. The normalized spacial score (nSPS) is 30.3. The van der Waals surface area contributed by atoms with Crippen LogP contribution in [0.3, 0.4) is 0 Å². The SMILES string of the molecule is CC(=O)O/C=C1/CC/C=C(/C)C[C@@H]2OC(=O)[C@H]1[C@H]2[C@@H](C)CCC=C(C)C. The lowest BCUT2D eigenvalue weighted by Crippen LogP contribution is -2.29. The lowest BCUT2D eigenvalue weighted by molar-refractivity contribution is -0.144. The average molecular weight is 360 g/mol. The maximum Gasteiger partial charge on any atom is 0.313 e. The van der Waals surface area contributed by atoms with E-state index in [-0.39, 0.29) is 29.9 Å². The molecule has 0 saturated carbocycles. The van der Waals surface area contributed by atoms with Gasteiger partial charge in [0.05, 0.1) is 12.2 Å². The zero-order valence-electron chi connectivity index (χ0n) is 16.7. The van der Waals surface area contributed by atoms with E-state index < -0.39 is 0 Å². The summed E-state index contributed by atoms with van der Waals surface area (Å²) in [5.74, 6) is -0.363. The number of carbonyl (C=O) groups excluding carboxylic acids is 2. The van der Waals surface area contributed by atoms with Crippen molar-refractivity contribution in [3.05, 3.63) is 35.1 Å². The number of fused-ring (bicyclic) bond motifs is 2. The van der Waals surface area contributed by atoms with Crippen molar-refractivity contribution in [2.45, 2.75) is 72.8 Å². The molecule has 0 N–H and O–H groups in total. The number of ether oxygens (including phenoxy) is 2. The van der Waals surface area contributed by atoms with Crippen molar-refractivity contribution >= 4 is 11.9 Å². The molecule has 1 fully saturated rings. The van der Waals surface area contributed by atoms with Crippen LogP contribution in [0.25, 0.3) is 0 Å². The molecular weight excluding hydrogens is 328 g/mol. The van der Waals surface area contributed by atoms with Gasteiger partial charge in [-0.25, -0.2) is 0 Å². The summed E-state index contributed by atoms with van der Waals surface area (Å²) in [6.07, 6.45) is 10.3. The fraction of sp³-hybridized carbons (Fsp3) is 0.636. The van der Waals surface area contributed by atoms with Gasteiger partial charge in [-0.15, -0.1) is 0 Å². The van der Waals surface area contributed by atoms with Gasteiger partial charge in [0.2, 0.25) is 0 Å². The van der Waals surface area contributed by atoms with Gasteiger partial charge in [-0.1, -0.05) is 30.2 Å². The van der Waals surface area contributed by atoms with Crippen LogP contribution in [0.4, 0.5) is 0 Å². The fourth-order valence-corrected chi connectivity index (χ4v) is 4.10. The van der Waals surface area contributed by atoms with E-state index in [0.29, 0.717) is 12.3 Å². The number of esters is 2. The van der Waals surface area contributed by atoms with Gasteiger partial charge < -0.3 is 9.47 Å². The molecule has 4 heteroatoms. The van der Waals surface area contributed by atoms with E-state index in [1.165, 1.54) is 24.3 Å². The van der Waals surface area contributed by atoms with E-state index in [1.807, 2.05) is 0 Å². The van der Waals surface area contributed by atoms with Gasteiger partial charge in [0.25, 0.3) is 0 Å². The van der Waals surface area contributed by atoms with Gasteiger partial charge in [0, 0.05) is 19.3 Å². The van der Waals surface area contributed by atoms with Gasteiger partial charge in [-0.3, -0.25) is 9.59 Å². The smallest absolute Gasteiger partial charge is 0.313 e. The van der Waals surface area contributed by atoms with Crippen LogP contribution in [0, 0.1) is 17.8 Å². The number of hydrogen-bond donors (Lipinski definition) is 0. The first kappa shape index (κ1) is 20.5. The Kier molecular flexibility index (Phi) is 7.24. The van der Waals surface area contributed by atoms with E-state index in [1.54, 1.807) is 0 Å². The minimum atomic E-state index is -0.361. The summed E-state index contributed by atoms with van der Waals surface area (Å²) in [6.45, 7) is 9.91. The summed E-state index contributed by atoms with van der Waals surface area (Å²) in [5, 5.41) is 0. The molecule has 0 aromatic carbocycles. The summed E-state index contributed by atoms with van der Waals surface area (Å²) in [6, 6.07) is 0. The predicted octanol–water partition coefficient (Wildman–Crippen LogP) is 5.10. The third-order valence-electron chi connectivity index (χ3n) is 5.39. The monoisotopic (exact) mass is 360 g/mol. The highest BCUT2D eigenvalue weighted by molar-refractivity contribution is 5.79. The molecule has 0 aromatic heterocycles. The molecule has 1 heterocycles. The van der Waals surface area contributed by atoms with E-state index in [9.17, 15) is 9.59 Å². The van der Waals surface area contributed by atoms with Crippen LogP contribution in [0.15, 0.2) is 35.1 Å². The Balaban J connectivity index is 2.31. The van der Waals surface area contributed by atoms with Crippen LogP contribution < -0.4 is 0 Å². The zero-order chi connectivity index (χ0) is 19.3. The minimum Gasteiger partial charge on any atom is -0.461 e. The minimum absolute atomic E-state index is 0.0933. The lowest BCUT2D eigenvalue weighted by Gasteiger charge is -2.27. The summed E-state index contributed by atoms with van der Waals surface area (Å²) in [4.78, 5) is 24.0. The molecule has 1 aliphatic carbocycles. The topological polar surface area (TPSA) is 52.6 Å². The first-order chi connectivity index (χ1) is 12.3. The molecule has 2 rings (SSSR count). The second-order valence-corrected chi connectivity index (χ2v) is 7.96. The van der Waals surface area contributed by atoms with E-state index in [4.69, 9.17) is 9.47 Å². The molecule has 4 nitrogen and oxygen atoms in total. The van der Waals surface area contributed by atoms with Crippen molar-refractivity contribution < 1.29 is 19.1 Å². The number of carbonyl (C=O) groups is 2. The standard InChI is InChI=1S/C22H32O4/c1-14(2)8-6-10-16(4)20-19-12-15(3)9-7-11-18(13-25-17(5)23)21(20)22(24)26-19/h8-9,13,16,19-21H,6-7,10-12H2,1-5H3/b15-9-,18-13-/t16-,19-,20-,21+/m0/s1. The largest absolute Gasteiger partial charge is 0.461 e. The van der Waals surface area contributed by atoms with Gasteiger partial charge in [-0.05, 0) is 57.9 Å². The lowest BCUT2D eigenvalue weighted by atomic mass is 9.74. The molecule has 1 aliphatic heterocycles. The molecule has 26 heavy (non-hydrogen) atoms. The number of hydrogen-bond acceptors (Lipinski definition) is 4. The van der Waals surface area contributed by atoms with E-state index in [2.05, 4.69) is 39.8 Å². The maximum atomic E-state index is 12.7. The molecule has 0 amide bonds. The van der Waals surface area contributed by atoms with Gasteiger partial charge in [-0.2, -0.15) is 0 Å². The fourth-order valence-electron chi connectivity index (χ4n) is 4.10. The highest BCUT2D eigenvalue weighted by atomic mass is 16.6. The quantitative estimate of drug-likeness (QED) is 0.389. The highest BCUT2D eigenvalue weighted by Gasteiger charge is 2.48. The van der Waals surface area contributed by atoms with Gasteiger partial charge in [0.1, 0.15) is 6.10 Å². The van der Waals surface area contributed by atoms with Gasteiger partial charge >= 0.3 is 11.9 Å². The van der Waals surface area contributed by atoms with Crippen LogP contribution >= 0.6 is 0 Å². The Labute approximate surface area is 157 Å². The van der Waals surface area contributed by atoms with Crippen molar-refractivity contribution in [3.8, 4) is 0 Å². The Morgan fingerprint density at radius 1 is 1.38 bits per heavy atom. The summed E-state index contributed by atoms with van der Waals surface area (Å²) in [5.41, 5.74) is 3.47. The number of rotatable bonds is 5. The van der Waals surface area contributed by atoms with Crippen LogP contribution in [0.1, 0.15) is 66.7 Å². The van der Waals surface area contributed by atoms with E-state index in [0.717, 1.165) is 31.3 Å². The third-order valence-corrected chi connectivity index (χ3v) is 5.39. The Morgan fingerprint density at radius 3 is 2.77 bits per heavy atom. The third kappa shape index (κ3) is 5.33. The summed E-state index contributed by atoms with van der Waals surface area (Å²) in [7, 11) is 0. The Bertz CT molecular complexity index is 622. The molecule has 0 unspecified atom stereocenters. The maximum absolute atomic E-state index is 12.7. The van der Waals surface area contributed by atoms with Gasteiger partial charge in [0.15, 0.2) is 0 Å². The molecule has 1 saturated heterocycles. The van der Waals surface area contributed by atoms with Crippen LogP contribution in [0.5, 0.6) is 0 Å². The van der Waals surface area contributed by atoms with Crippen molar-refractivity contribution in [2.75, 3.05) is 0 Å². The molecule has 0 radical (unpaired) electrons. The number of allylic oxidation sites excluding steroid dienone is 3. The highest BCUT2D eigenvalue weighted by Crippen LogP contribution is 2.44. The molecule has 144 valence electrons. The molecule has 4 atom stereocenters. The van der Waals surface area contributed by atoms with Crippen LogP contribution in [-0.4, -0.2) is 18.0 Å². The second kappa shape index (κ2) is 9.20. The molecule has 0 spiro atoms. The molecule has 0 aromatic rings. The molecule has 2 aliphatic rings. The zero-order valence-corrected chi connectivity index (χ0v) is 16.7. The van der Waals surface area contributed by atoms with Crippen molar-refractivity contribution in [1.29, 1.82) is 0 Å². The first-order valence-corrected chi connectivity index (χ1v) is 9.65.